The van der Waals surface area contributed by atoms with Crippen LogP contribution in [0.4, 0.5) is 17.6 Å². The van der Waals surface area contributed by atoms with Gasteiger partial charge in [0.15, 0.2) is 23.1 Å². The Labute approximate surface area is 400 Å². The normalized spacial score (nSPS) is 12.4. The van der Waals surface area contributed by atoms with Crippen molar-refractivity contribution in [1.29, 1.82) is 0 Å². The summed E-state index contributed by atoms with van der Waals surface area (Å²) in [7, 11) is 1.84. The Hall–Kier alpha value is -7.96. The molecule has 8 aromatic rings. The predicted octanol–water partition coefficient (Wildman–Crippen LogP) is 7.85. The third-order valence-corrected chi connectivity index (χ3v) is 11.0. The lowest BCUT2D eigenvalue weighted by Gasteiger charge is -2.14. The Kier molecular flexibility index (Phi) is 16.2. The van der Waals surface area contributed by atoms with Crippen LogP contribution in [0.1, 0.15) is 30.4 Å². The Bertz CT molecular complexity index is 3110. The second kappa shape index (κ2) is 23.4. The molecule has 9 rings (SSSR count). The van der Waals surface area contributed by atoms with Crippen molar-refractivity contribution in [3.63, 3.8) is 0 Å². The van der Waals surface area contributed by atoms with Crippen LogP contribution in [0.3, 0.4) is 0 Å². The van der Waals surface area contributed by atoms with Crippen molar-refractivity contribution in [2.24, 2.45) is 0 Å². The van der Waals surface area contributed by atoms with E-state index in [4.69, 9.17) is 9.47 Å². The van der Waals surface area contributed by atoms with Crippen LogP contribution in [0, 0.1) is 23.3 Å². The number of ether oxygens (including phenoxy) is 2. The molecule has 14 nitrogen and oxygen atoms in total. The molecule has 358 valence electrons. The molecule has 1 N–H and O–H groups in total. The third-order valence-electron chi connectivity index (χ3n) is 11.0. The van der Waals surface area contributed by atoms with Crippen molar-refractivity contribution in [2.75, 3.05) is 46.4 Å². The van der Waals surface area contributed by atoms with Gasteiger partial charge < -0.3 is 19.7 Å². The Morgan fingerprint density at radius 1 is 0.543 bits per heavy atom. The number of aromatic nitrogens is 8. The monoisotopic (exact) mass is 952 g/mol. The highest BCUT2D eigenvalue weighted by Gasteiger charge is 2.13. The zero-order valence-electron chi connectivity index (χ0n) is 38.1. The molecule has 0 amide bonds. The number of hydrogen-bond acceptors (Lipinski definition) is 12. The molecule has 0 unspecified atom stereocenters. The lowest BCUT2D eigenvalue weighted by Crippen LogP contribution is -2.22. The van der Waals surface area contributed by atoms with Crippen LogP contribution >= 0.6 is 0 Å². The number of hydrogen-bond donors (Lipinski definition) is 1. The molecule has 1 fully saturated rings. The first-order valence-corrected chi connectivity index (χ1v) is 22.6. The van der Waals surface area contributed by atoms with Gasteiger partial charge in [-0.25, -0.2) is 46.9 Å². The van der Waals surface area contributed by atoms with Crippen LogP contribution in [-0.2, 0) is 13.1 Å². The lowest BCUT2D eigenvalue weighted by atomic mass is 10.1. The number of likely N-dealkylation sites (tertiary alicyclic amines) is 1. The molecule has 0 spiro atoms. The maximum Gasteiger partial charge on any atom is 0.267 e. The molecule has 1 aliphatic rings. The molecule has 0 atom stereocenters. The van der Waals surface area contributed by atoms with Crippen molar-refractivity contribution in [3.05, 3.63) is 189 Å². The largest absolute Gasteiger partial charge is 0.490 e. The highest BCUT2D eigenvalue weighted by atomic mass is 19.1. The van der Waals surface area contributed by atoms with Crippen LogP contribution in [0.15, 0.2) is 144 Å². The highest BCUT2D eigenvalue weighted by Crippen LogP contribution is 2.23. The van der Waals surface area contributed by atoms with Crippen molar-refractivity contribution < 1.29 is 27.0 Å². The maximum atomic E-state index is 13.6. The number of nitrogens with zero attached hydrogens (tertiary/aromatic N) is 9. The van der Waals surface area contributed by atoms with Crippen molar-refractivity contribution in [1.82, 2.24) is 49.7 Å². The summed E-state index contributed by atoms with van der Waals surface area (Å²) in [6.45, 7) is 5.61. The Morgan fingerprint density at radius 2 is 0.986 bits per heavy atom. The molecule has 0 saturated carbocycles. The van der Waals surface area contributed by atoms with E-state index in [1.807, 2.05) is 55.6 Å². The summed E-state index contributed by atoms with van der Waals surface area (Å²) in [5.41, 5.74) is 3.60. The first-order chi connectivity index (χ1) is 34.0. The van der Waals surface area contributed by atoms with Gasteiger partial charge in [0.05, 0.1) is 55.9 Å². The smallest absolute Gasteiger partial charge is 0.267 e. The standard InChI is InChI=1S/C28H27F2N5O2.C24H21F2N5O2/c29-23-14-22(15-24(30)16-23)26-7-8-27(36)35(33-26)19-20-5-3-6-21(13-20)28-31-17-25(18-32-28)37-12-4-11-34-9-1-2-10-34;1-27-7-8-33-21-13-28-24(29-14-21)17-4-2-3-16(9-17)15-31-23(32)6-5-22(30-31)18-10-19(25)12-20(26)11-18/h3,5-8,13-18H,1-2,4,9-12,19H2;2-6,9-14,27H,7-8,15H2,1H3. The summed E-state index contributed by atoms with van der Waals surface area (Å²) >= 11 is 0. The van der Waals surface area contributed by atoms with Crippen LogP contribution in [-0.4, -0.2) is 90.8 Å². The Morgan fingerprint density at radius 3 is 1.43 bits per heavy atom. The summed E-state index contributed by atoms with van der Waals surface area (Å²) in [4.78, 5) is 44.8. The molecule has 4 aromatic heterocycles. The number of benzene rings is 4. The van der Waals surface area contributed by atoms with Crippen LogP contribution < -0.4 is 25.9 Å². The lowest BCUT2D eigenvalue weighted by molar-refractivity contribution is 0.262. The van der Waals surface area contributed by atoms with E-state index in [1.54, 1.807) is 24.8 Å². The fraction of sp³-hybridized carbons (Fsp3) is 0.231. The van der Waals surface area contributed by atoms with Crippen LogP contribution in [0.25, 0.3) is 45.3 Å². The molecule has 18 heteroatoms. The zero-order valence-corrected chi connectivity index (χ0v) is 38.1. The predicted molar refractivity (Wildman–Crippen MR) is 256 cm³/mol. The van der Waals surface area contributed by atoms with E-state index in [-0.39, 0.29) is 35.3 Å². The van der Waals surface area contributed by atoms with Crippen molar-refractivity contribution in [3.8, 4) is 56.8 Å². The summed E-state index contributed by atoms with van der Waals surface area (Å²) < 4.78 is 68.3. The van der Waals surface area contributed by atoms with Crippen molar-refractivity contribution in [2.45, 2.75) is 32.4 Å². The topological polar surface area (TPSA) is 155 Å². The number of rotatable bonds is 17. The summed E-state index contributed by atoms with van der Waals surface area (Å²) in [6.07, 6.45) is 10.1. The maximum absolute atomic E-state index is 13.6. The molecule has 0 radical (unpaired) electrons. The molecule has 4 aromatic carbocycles. The fourth-order valence-electron chi connectivity index (χ4n) is 7.63. The van der Waals surface area contributed by atoms with Gasteiger partial charge in [-0.3, -0.25) is 9.59 Å². The van der Waals surface area contributed by atoms with Crippen molar-refractivity contribution >= 4 is 0 Å². The van der Waals surface area contributed by atoms with Gasteiger partial charge in [-0.1, -0.05) is 36.4 Å². The molecule has 0 aliphatic carbocycles. The molecule has 5 heterocycles. The van der Waals surface area contributed by atoms with E-state index in [0.717, 1.165) is 47.4 Å². The minimum Gasteiger partial charge on any atom is -0.490 e. The van der Waals surface area contributed by atoms with E-state index in [2.05, 4.69) is 40.3 Å². The average Bonchev–Trinajstić information content (AvgIpc) is 3.88. The minimum atomic E-state index is -0.712. The van der Waals surface area contributed by atoms with Gasteiger partial charge in [0.25, 0.3) is 11.1 Å². The van der Waals surface area contributed by atoms with Gasteiger partial charge in [-0.2, -0.15) is 10.2 Å². The van der Waals surface area contributed by atoms with Gasteiger partial charge in [-0.15, -0.1) is 0 Å². The molecular weight excluding hydrogens is 905 g/mol. The number of likely N-dealkylation sites (N-methyl/N-ethyl adjacent to an activating group) is 1. The van der Waals surface area contributed by atoms with Gasteiger partial charge >= 0.3 is 0 Å². The van der Waals surface area contributed by atoms with Gasteiger partial charge in [0.1, 0.15) is 29.9 Å². The van der Waals surface area contributed by atoms with Gasteiger partial charge in [-0.05, 0) is 99.1 Å². The van der Waals surface area contributed by atoms with E-state index in [0.29, 0.717) is 54.3 Å². The van der Waals surface area contributed by atoms with E-state index < -0.39 is 23.3 Å². The first-order valence-electron chi connectivity index (χ1n) is 22.6. The third kappa shape index (κ3) is 13.4. The molecule has 0 bridgehead atoms. The SMILES string of the molecule is CNCCOc1cnc(-c2cccc(Cn3nc(-c4cc(F)cc(F)c4)ccc3=O)c2)nc1.O=c1ccc(-c2cc(F)cc(F)c2)nn1Cc1cccc(-c2ncc(OCCCN3CCCC3)cn2)c1. The second-order valence-corrected chi connectivity index (χ2v) is 16.3. The molecule has 70 heavy (non-hydrogen) atoms. The minimum absolute atomic E-state index is 0.170. The van der Waals surface area contributed by atoms with E-state index in [9.17, 15) is 27.2 Å². The van der Waals surface area contributed by atoms with Gasteiger partial charge in [0.2, 0.25) is 0 Å². The average molecular weight is 953 g/mol. The fourth-order valence-corrected chi connectivity index (χ4v) is 7.63. The van der Waals surface area contributed by atoms with Gasteiger partial charge in [0, 0.05) is 59.6 Å². The number of halogens is 4. The molecule has 1 aliphatic heterocycles. The van der Waals surface area contributed by atoms with Crippen LogP contribution in [0.2, 0.25) is 0 Å². The first kappa shape index (κ1) is 48.5. The summed E-state index contributed by atoms with van der Waals surface area (Å²) in [6, 6.07) is 26.7. The molecule has 1 saturated heterocycles. The second-order valence-electron chi connectivity index (χ2n) is 16.3. The molecular formula is C52H48F4N10O4. The van der Waals surface area contributed by atoms with E-state index in [1.165, 1.54) is 83.8 Å². The summed E-state index contributed by atoms with van der Waals surface area (Å²) in [5, 5.41) is 11.6. The summed E-state index contributed by atoms with van der Waals surface area (Å²) in [5.74, 6) is -0.584. The highest BCUT2D eigenvalue weighted by molar-refractivity contribution is 5.60. The Balaban J connectivity index is 0.000000190. The zero-order chi connectivity index (χ0) is 48.8. The van der Waals surface area contributed by atoms with Crippen LogP contribution in [0.5, 0.6) is 11.5 Å². The van der Waals surface area contributed by atoms with E-state index >= 15 is 0 Å². The number of nitrogens with one attached hydrogen (secondary N) is 1. The quantitative estimate of drug-likeness (QED) is 0.0699.